The number of amides is 2. The zero-order valence-electron chi connectivity index (χ0n) is 14.3. The zero-order chi connectivity index (χ0) is 17.6. The quantitative estimate of drug-likeness (QED) is 0.879. The highest BCUT2D eigenvalue weighted by Crippen LogP contribution is 2.32. The second kappa shape index (κ2) is 8.06. The molecule has 2 aliphatic heterocycles. The smallest absolute Gasteiger partial charge is 0.409 e. The lowest BCUT2D eigenvalue weighted by Crippen LogP contribution is -2.50. The molecule has 1 fully saturated rings. The van der Waals surface area contributed by atoms with Crippen molar-refractivity contribution in [2.45, 2.75) is 6.92 Å². The van der Waals surface area contributed by atoms with Crippen LogP contribution in [0.2, 0.25) is 0 Å². The van der Waals surface area contributed by atoms with E-state index in [0.717, 1.165) is 0 Å². The molecule has 8 heteroatoms. The van der Waals surface area contributed by atoms with Crippen LogP contribution >= 0.6 is 0 Å². The van der Waals surface area contributed by atoms with Crippen molar-refractivity contribution in [3.8, 4) is 11.5 Å². The number of fused-ring (bicyclic) bond motifs is 1. The number of nitrogens with one attached hydrogen (secondary N) is 1. The Hall–Kier alpha value is -2.48. The van der Waals surface area contributed by atoms with Gasteiger partial charge in [0, 0.05) is 37.9 Å². The number of piperazine rings is 1. The number of ether oxygens (including phenoxy) is 3. The summed E-state index contributed by atoms with van der Waals surface area (Å²) in [7, 11) is 0. The first kappa shape index (κ1) is 17.3. The average molecular weight is 349 g/mol. The van der Waals surface area contributed by atoms with Crippen LogP contribution < -0.4 is 14.8 Å². The van der Waals surface area contributed by atoms with Gasteiger partial charge in [-0.25, -0.2) is 4.79 Å². The van der Waals surface area contributed by atoms with Crippen LogP contribution in [-0.2, 0) is 9.53 Å². The Morgan fingerprint density at radius 3 is 2.56 bits per heavy atom. The molecule has 25 heavy (non-hydrogen) atoms. The van der Waals surface area contributed by atoms with E-state index in [9.17, 15) is 9.59 Å². The van der Waals surface area contributed by atoms with Crippen LogP contribution in [0.1, 0.15) is 6.92 Å². The summed E-state index contributed by atoms with van der Waals surface area (Å²) in [6, 6.07) is 5.36. The number of hydrogen-bond acceptors (Lipinski definition) is 6. The maximum absolute atomic E-state index is 12.2. The fourth-order valence-corrected chi connectivity index (χ4v) is 2.83. The van der Waals surface area contributed by atoms with Crippen molar-refractivity contribution in [1.82, 2.24) is 9.80 Å². The minimum Gasteiger partial charge on any atom is -0.486 e. The number of nitrogens with zero attached hydrogens (tertiary/aromatic N) is 2. The fourth-order valence-electron chi connectivity index (χ4n) is 2.83. The lowest BCUT2D eigenvalue weighted by Gasteiger charge is -2.33. The van der Waals surface area contributed by atoms with E-state index in [2.05, 4.69) is 5.32 Å². The maximum Gasteiger partial charge on any atom is 0.409 e. The third-order valence-corrected chi connectivity index (χ3v) is 4.09. The highest BCUT2D eigenvalue weighted by molar-refractivity contribution is 5.92. The van der Waals surface area contributed by atoms with Crippen molar-refractivity contribution < 1.29 is 23.8 Å². The SMILES string of the molecule is CCOC(=O)N1CCN(CC(=O)Nc2ccc3c(c2)OCCO3)CC1. The van der Waals surface area contributed by atoms with Gasteiger partial charge in [0.15, 0.2) is 11.5 Å². The van der Waals surface area contributed by atoms with Crippen molar-refractivity contribution in [2.75, 3.05) is 57.9 Å². The van der Waals surface area contributed by atoms with Crippen LogP contribution in [0.25, 0.3) is 0 Å². The van der Waals surface area contributed by atoms with Gasteiger partial charge in [0.1, 0.15) is 13.2 Å². The summed E-state index contributed by atoms with van der Waals surface area (Å²) in [4.78, 5) is 27.6. The monoisotopic (exact) mass is 349 g/mol. The molecule has 0 unspecified atom stereocenters. The van der Waals surface area contributed by atoms with Crippen molar-refractivity contribution in [2.24, 2.45) is 0 Å². The molecule has 1 N–H and O–H groups in total. The normalized spacial score (nSPS) is 17.1. The van der Waals surface area contributed by atoms with Gasteiger partial charge in [-0.15, -0.1) is 0 Å². The predicted octanol–water partition coefficient (Wildman–Crippen LogP) is 1.17. The third-order valence-electron chi connectivity index (χ3n) is 4.09. The number of benzene rings is 1. The van der Waals surface area contributed by atoms with Gasteiger partial charge in [0.2, 0.25) is 5.91 Å². The Labute approximate surface area is 146 Å². The van der Waals surface area contributed by atoms with Crippen LogP contribution in [0.4, 0.5) is 10.5 Å². The van der Waals surface area contributed by atoms with Crippen LogP contribution in [0.3, 0.4) is 0 Å². The van der Waals surface area contributed by atoms with Crippen LogP contribution in [-0.4, -0.2) is 74.3 Å². The molecule has 1 aromatic rings. The standard InChI is InChI=1S/C17H23N3O5/c1-2-23-17(22)20-7-5-19(6-8-20)12-16(21)18-13-3-4-14-15(11-13)25-10-9-24-14/h3-4,11H,2,5-10,12H2,1H3,(H,18,21). The molecule has 2 heterocycles. The Bertz CT molecular complexity index is 629. The van der Waals surface area contributed by atoms with Crippen molar-refractivity contribution in [3.63, 3.8) is 0 Å². The number of carbonyl (C=O) groups is 2. The summed E-state index contributed by atoms with van der Waals surface area (Å²) >= 11 is 0. The molecule has 0 atom stereocenters. The molecule has 1 saturated heterocycles. The minimum atomic E-state index is -0.289. The van der Waals surface area contributed by atoms with Gasteiger partial charge >= 0.3 is 6.09 Å². The van der Waals surface area contributed by atoms with Crippen molar-refractivity contribution in [1.29, 1.82) is 0 Å². The van der Waals surface area contributed by atoms with Crippen molar-refractivity contribution >= 4 is 17.7 Å². The van der Waals surface area contributed by atoms with Gasteiger partial charge in [0.05, 0.1) is 13.2 Å². The molecule has 0 spiro atoms. The first-order chi connectivity index (χ1) is 12.2. The molecule has 2 amide bonds. The number of rotatable bonds is 4. The zero-order valence-corrected chi connectivity index (χ0v) is 14.3. The third kappa shape index (κ3) is 4.54. The van der Waals surface area contributed by atoms with Gasteiger partial charge in [-0.1, -0.05) is 0 Å². The fraction of sp³-hybridized carbons (Fsp3) is 0.529. The van der Waals surface area contributed by atoms with Gasteiger partial charge in [-0.3, -0.25) is 9.69 Å². The van der Waals surface area contributed by atoms with E-state index in [1.54, 1.807) is 30.0 Å². The van der Waals surface area contributed by atoms with E-state index < -0.39 is 0 Å². The summed E-state index contributed by atoms with van der Waals surface area (Å²) in [5, 5.41) is 2.87. The summed E-state index contributed by atoms with van der Waals surface area (Å²) in [6.45, 7) is 5.91. The van der Waals surface area contributed by atoms with Gasteiger partial charge in [-0.2, -0.15) is 0 Å². The lowest BCUT2D eigenvalue weighted by atomic mass is 10.2. The Morgan fingerprint density at radius 2 is 1.84 bits per heavy atom. The number of hydrogen-bond donors (Lipinski definition) is 1. The first-order valence-electron chi connectivity index (χ1n) is 8.49. The second-order valence-corrected chi connectivity index (χ2v) is 5.87. The van der Waals surface area contributed by atoms with Crippen LogP contribution in [0.5, 0.6) is 11.5 Å². The van der Waals surface area contributed by atoms with E-state index in [-0.39, 0.29) is 18.5 Å². The molecular weight excluding hydrogens is 326 g/mol. The molecule has 3 rings (SSSR count). The van der Waals surface area contributed by atoms with Gasteiger partial charge < -0.3 is 24.4 Å². The van der Waals surface area contributed by atoms with E-state index in [0.29, 0.717) is 63.2 Å². The highest BCUT2D eigenvalue weighted by Gasteiger charge is 2.23. The van der Waals surface area contributed by atoms with E-state index in [1.165, 1.54) is 0 Å². The molecule has 136 valence electrons. The van der Waals surface area contributed by atoms with E-state index in [4.69, 9.17) is 14.2 Å². The van der Waals surface area contributed by atoms with Crippen LogP contribution in [0, 0.1) is 0 Å². The molecular formula is C17H23N3O5. The number of carbonyl (C=O) groups excluding carboxylic acids is 2. The Morgan fingerprint density at radius 1 is 1.12 bits per heavy atom. The molecule has 0 radical (unpaired) electrons. The molecule has 0 saturated carbocycles. The molecule has 8 nitrogen and oxygen atoms in total. The summed E-state index contributed by atoms with van der Waals surface area (Å²) in [5.74, 6) is 1.24. The summed E-state index contributed by atoms with van der Waals surface area (Å²) in [5.41, 5.74) is 0.680. The largest absolute Gasteiger partial charge is 0.486 e. The molecule has 2 aliphatic rings. The summed E-state index contributed by atoms with van der Waals surface area (Å²) in [6.07, 6.45) is -0.289. The minimum absolute atomic E-state index is 0.0961. The Balaban J connectivity index is 1.46. The lowest BCUT2D eigenvalue weighted by molar-refractivity contribution is -0.117. The van der Waals surface area contributed by atoms with Gasteiger partial charge in [0.25, 0.3) is 0 Å². The first-order valence-corrected chi connectivity index (χ1v) is 8.49. The van der Waals surface area contributed by atoms with Crippen LogP contribution in [0.15, 0.2) is 18.2 Å². The van der Waals surface area contributed by atoms with Gasteiger partial charge in [-0.05, 0) is 19.1 Å². The predicted molar refractivity (Wildman–Crippen MR) is 91.1 cm³/mol. The average Bonchev–Trinajstić information content (AvgIpc) is 2.62. The van der Waals surface area contributed by atoms with E-state index in [1.807, 2.05) is 4.90 Å². The molecule has 0 aromatic heterocycles. The second-order valence-electron chi connectivity index (χ2n) is 5.87. The summed E-state index contributed by atoms with van der Waals surface area (Å²) < 4.78 is 16.0. The highest BCUT2D eigenvalue weighted by atomic mass is 16.6. The molecule has 0 bridgehead atoms. The van der Waals surface area contributed by atoms with Crippen molar-refractivity contribution in [3.05, 3.63) is 18.2 Å². The number of anilines is 1. The topological polar surface area (TPSA) is 80.3 Å². The maximum atomic E-state index is 12.2. The molecule has 0 aliphatic carbocycles. The Kier molecular flexibility index (Phi) is 5.60. The molecule has 1 aromatic carbocycles. The van der Waals surface area contributed by atoms with E-state index >= 15 is 0 Å².